The Bertz CT molecular complexity index is 1090. The van der Waals surface area contributed by atoms with Crippen LogP contribution in [0.4, 0.5) is 17.2 Å². The number of ether oxygens (including phenoxy) is 1. The van der Waals surface area contributed by atoms with Gasteiger partial charge in [0.1, 0.15) is 12.4 Å². The van der Waals surface area contributed by atoms with Gasteiger partial charge in [-0.1, -0.05) is 0 Å². The van der Waals surface area contributed by atoms with Gasteiger partial charge >= 0.3 is 0 Å². The zero-order valence-corrected chi connectivity index (χ0v) is 17.0. The highest BCUT2D eigenvalue weighted by molar-refractivity contribution is 6.09. The van der Waals surface area contributed by atoms with Gasteiger partial charge in [0.25, 0.3) is 11.8 Å². The highest BCUT2D eigenvalue weighted by atomic mass is 16.5. The van der Waals surface area contributed by atoms with E-state index in [9.17, 15) is 9.59 Å². The van der Waals surface area contributed by atoms with Crippen molar-refractivity contribution in [3.05, 3.63) is 48.2 Å². The molecule has 1 aliphatic rings. The predicted molar refractivity (Wildman–Crippen MR) is 110 cm³/mol. The van der Waals surface area contributed by atoms with E-state index in [-0.39, 0.29) is 29.0 Å². The molecule has 0 aromatic carbocycles. The second-order valence-corrected chi connectivity index (χ2v) is 6.84. The molecule has 0 radical (unpaired) electrons. The second-order valence-electron chi connectivity index (χ2n) is 6.84. The van der Waals surface area contributed by atoms with Crippen LogP contribution in [0.2, 0.25) is 0 Å². The smallest absolute Gasteiger partial charge is 0.278 e. The quantitative estimate of drug-likeness (QED) is 0.532. The van der Waals surface area contributed by atoms with E-state index in [0.717, 1.165) is 12.8 Å². The monoisotopic (exact) mass is 423 g/mol. The molecule has 160 valence electrons. The number of aromatic nitrogens is 6. The highest BCUT2D eigenvalue weighted by Gasteiger charge is 2.25. The summed E-state index contributed by atoms with van der Waals surface area (Å²) < 4.78 is 7.12. The normalized spacial score (nSPS) is 15.5. The third-order valence-corrected chi connectivity index (χ3v) is 4.61. The maximum Gasteiger partial charge on any atom is 0.278 e. The molecule has 0 bridgehead atoms. The first-order chi connectivity index (χ1) is 15.0. The number of nitrogens with one attached hydrogen (secondary N) is 3. The van der Waals surface area contributed by atoms with Gasteiger partial charge in [0.05, 0.1) is 35.7 Å². The van der Waals surface area contributed by atoms with Gasteiger partial charge in [-0.15, -0.1) is 0 Å². The molecule has 4 heterocycles. The number of anilines is 3. The third kappa shape index (κ3) is 4.48. The van der Waals surface area contributed by atoms with Crippen LogP contribution in [0.3, 0.4) is 0 Å². The van der Waals surface area contributed by atoms with E-state index in [4.69, 9.17) is 4.74 Å². The minimum Gasteiger partial charge on any atom is -0.372 e. The Hall–Kier alpha value is -3.93. The molecular weight excluding hydrogens is 402 g/mol. The number of carbonyl (C=O) groups is 2. The van der Waals surface area contributed by atoms with Crippen molar-refractivity contribution >= 4 is 29.0 Å². The molecule has 3 aromatic rings. The predicted octanol–water partition coefficient (Wildman–Crippen LogP) is 1.21. The van der Waals surface area contributed by atoms with Crippen LogP contribution in [0.15, 0.2) is 31.1 Å². The van der Waals surface area contributed by atoms with Gasteiger partial charge in [-0.2, -0.15) is 5.10 Å². The number of rotatable bonds is 6. The van der Waals surface area contributed by atoms with Crippen LogP contribution in [0.1, 0.15) is 45.6 Å². The summed E-state index contributed by atoms with van der Waals surface area (Å²) in [6.45, 7) is 0.639. The minimum atomic E-state index is -0.551. The first-order valence-electron chi connectivity index (χ1n) is 9.63. The Balaban J connectivity index is 1.68. The third-order valence-electron chi connectivity index (χ3n) is 4.61. The molecular formula is C19H21N9O3. The first-order valence-corrected chi connectivity index (χ1v) is 9.63. The lowest BCUT2D eigenvalue weighted by atomic mass is 10.2. The van der Waals surface area contributed by atoms with E-state index in [1.807, 2.05) is 0 Å². The van der Waals surface area contributed by atoms with Crippen molar-refractivity contribution in [2.75, 3.05) is 24.3 Å². The fraction of sp³-hybridized carbons (Fsp3) is 0.316. The minimum absolute atomic E-state index is 0.0450. The van der Waals surface area contributed by atoms with Crippen LogP contribution in [0.25, 0.3) is 0 Å². The van der Waals surface area contributed by atoms with E-state index >= 15 is 0 Å². The van der Waals surface area contributed by atoms with Gasteiger partial charge in [0, 0.05) is 26.9 Å². The lowest BCUT2D eigenvalue weighted by molar-refractivity contribution is 0.0958. The average molecular weight is 423 g/mol. The van der Waals surface area contributed by atoms with Crippen LogP contribution >= 0.6 is 0 Å². The molecule has 0 aliphatic carbocycles. The molecule has 4 rings (SSSR count). The summed E-state index contributed by atoms with van der Waals surface area (Å²) in [6, 6.07) is 0. The topological polar surface area (TPSA) is 149 Å². The largest absolute Gasteiger partial charge is 0.372 e. The summed E-state index contributed by atoms with van der Waals surface area (Å²) in [4.78, 5) is 42.1. The Morgan fingerprint density at radius 2 is 1.97 bits per heavy atom. The van der Waals surface area contributed by atoms with Crippen molar-refractivity contribution in [2.24, 2.45) is 7.05 Å². The van der Waals surface area contributed by atoms with Crippen molar-refractivity contribution in [3.63, 3.8) is 0 Å². The van der Waals surface area contributed by atoms with Crippen LogP contribution in [-0.4, -0.2) is 55.2 Å². The van der Waals surface area contributed by atoms with Crippen molar-refractivity contribution in [1.29, 1.82) is 0 Å². The zero-order chi connectivity index (χ0) is 21.8. The van der Waals surface area contributed by atoms with E-state index in [1.165, 1.54) is 24.3 Å². The van der Waals surface area contributed by atoms with Gasteiger partial charge in [-0.3, -0.25) is 14.3 Å². The number of hydrogen-bond acceptors (Lipinski definition) is 9. The van der Waals surface area contributed by atoms with E-state index < -0.39 is 11.8 Å². The SMILES string of the molecule is CNC(=O)c1nn(C)cc1NC(=O)c1nc(C2CCCO2)cnc1Nc1cncnc1. The molecule has 0 spiro atoms. The van der Waals surface area contributed by atoms with E-state index in [1.54, 1.807) is 25.6 Å². The molecule has 12 nitrogen and oxygen atoms in total. The molecule has 3 aromatic heterocycles. The molecule has 1 aliphatic heterocycles. The summed E-state index contributed by atoms with van der Waals surface area (Å²) in [5.74, 6) is -0.751. The molecule has 1 unspecified atom stereocenters. The van der Waals surface area contributed by atoms with Crippen molar-refractivity contribution in [3.8, 4) is 0 Å². The van der Waals surface area contributed by atoms with Crippen LogP contribution in [-0.2, 0) is 11.8 Å². The molecule has 0 saturated carbocycles. The van der Waals surface area contributed by atoms with Crippen LogP contribution in [0.5, 0.6) is 0 Å². The van der Waals surface area contributed by atoms with E-state index in [2.05, 4.69) is 41.0 Å². The molecule has 31 heavy (non-hydrogen) atoms. The Labute approximate surface area is 177 Å². The van der Waals surface area contributed by atoms with Gasteiger partial charge in [-0.05, 0) is 12.8 Å². The van der Waals surface area contributed by atoms with E-state index in [0.29, 0.717) is 18.0 Å². The number of amides is 2. The summed E-state index contributed by atoms with van der Waals surface area (Å²) in [6.07, 6.45) is 9.13. The molecule has 1 fully saturated rings. The average Bonchev–Trinajstić information content (AvgIpc) is 3.44. The van der Waals surface area contributed by atoms with Crippen LogP contribution in [0, 0.1) is 0 Å². The van der Waals surface area contributed by atoms with Crippen molar-refractivity contribution in [2.45, 2.75) is 18.9 Å². The van der Waals surface area contributed by atoms with Crippen LogP contribution < -0.4 is 16.0 Å². The fourth-order valence-electron chi connectivity index (χ4n) is 3.17. The molecule has 12 heteroatoms. The summed E-state index contributed by atoms with van der Waals surface area (Å²) in [5.41, 5.74) is 1.50. The number of hydrogen-bond donors (Lipinski definition) is 3. The molecule has 2 amide bonds. The lowest BCUT2D eigenvalue weighted by Crippen LogP contribution is -2.23. The zero-order valence-electron chi connectivity index (χ0n) is 17.0. The molecule has 1 saturated heterocycles. The van der Waals surface area contributed by atoms with Gasteiger partial charge in [0.15, 0.2) is 17.2 Å². The maximum atomic E-state index is 13.2. The maximum absolute atomic E-state index is 13.2. The Morgan fingerprint density at radius 1 is 1.16 bits per heavy atom. The lowest BCUT2D eigenvalue weighted by Gasteiger charge is -2.14. The van der Waals surface area contributed by atoms with Gasteiger partial charge in [-0.25, -0.2) is 19.9 Å². The van der Waals surface area contributed by atoms with Crippen molar-refractivity contribution < 1.29 is 14.3 Å². The number of carbonyl (C=O) groups excluding carboxylic acids is 2. The number of aryl methyl sites for hydroxylation is 1. The Morgan fingerprint density at radius 3 is 2.68 bits per heavy atom. The summed E-state index contributed by atoms with van der Waals surface area (Å²) in [5, 5.41) is 12.3. The highest BCUT2D eigenvalue weighted by Crippen LogP contribution is 2.28. The fourth-order valence-corrected chi connectivity index (χ4v) is 3.17. The van der Waals surface area contributed by atoms with Crippen molar-refractivity contribution in [1.82, 2.24) is 35.0 Å². The molecule has 3 N–H and O–H groups in total. The first kappa shape index (κ1) is 20.3. The van der Waals surface area contributed by atoms with Gasteiger partial charge < -0.3 is 20.7 Å². The number of nitrogens with zero attached hydrogens (tertiary/aromatic N) is 6. The summed E-state index contributed by atoms with van der Waals surface area (Å²) in [7, 11) is 3.14. The standard InChI is InChI=1S/C19H21N9O3/c1-20-18(29)15-13(9-28(2)27-15)26-19(30)16-17(24-11-6-21-10-22-7-11)23-8-12(25-16)14-4-3-5-31-14/h6-10,14H,3-5H2,1-2H3,(H,20,29)(H,23,24)(H,26,30). The van der Waals surface area contributed by atoms with Gasteiger partial charge in [0.2, 0.25) is 0 Å². The Kier molecular flexibility index (Phi) is 5.80. The second kappa shape index (κ2) is 8.83. The summed E-state index contributed by atoms with van der Waals surface area (Å²) >= 11 is 0. The molecule has 1 atom stereocenters.